The van der Waals surface area contributed by atoms with Crippen molar-refractivity contribution in [1.29, 1.82) is 0 Å². The third kappa shape index (κ3) is 3.37. The second kappa shape index (κ2) is 6.35. The Balaban J connectivity index is 2.34. The number of rotatable bonds is 4. The normalized spacial score (nSPS) is 10.5. The molecule has 110 valence electrons. The van der Waals surface area contributed by atoms with Gasteiger partial charge in [0.15, 0.2) is 5.69 Å². The van der Waals surface area contributed by atoms with Crippen molar-refractivity contribution in [2.45, 2.75) is 26.7 Å². The van der Waals surface area contributed by atoms with Gasteiger partial charge in [-0.1, -0.05) is 32.0 Å². The van der Waals surface area contributed by atoms with Crippen molar-refractivity contribution in [1.82, 2.24) is 9.97 Å². The maximum absolute atomic E-state index is 12.5. The van der Waals surface area contributed by atoms with Crippen molar-refractivity contribution in [2.24, 2.45) is 0 Å². The SMILES string of the molecule is CNc1cnc(C(C)C)nc1C(=O)Nc1ccccc1C. The zero-order valence-electron chi connectivity index (χ0n) is 12.8. The van der Waals surface area contributed by atoms with Crippen LogP contribution in [0.15, 0.2) is 30.5 Å². The summed E-state index contributed by atoms with van der Waals surface area (Å²) in [6, 6.07) is 7.65. The lowest BCUT2D eigenvalue weighted by molar-refractivity contribution is 0.102. The second-order valence-corrected chi connectivity index (χ2v) is 5.16. The lowest BCUT2D eigenvalue weighted by atomic mass is 10.2. The molecule has 0 unspecified atom stereocenters. The molecule has 0 saturated heterocycles. The van der Waals surface area contributed by atoms with Gasteiger partial charge in [0.2, 0.25) is 0 Å². The molecule has 0 saturated carbocycles. The second-order valence-electron chi connectivity index (χ2n) is 5.16. The van der Waals surface area contributed by atoms with Crippen LogP contribution >= 0.6 is 0 Å². The van der Waals surface area contributed by atoms with Gasteiger partial charge in [-0.2, -0.15) is 0 Å². The molecule has 5 heteroatoms. The Kier molecular flexibility index (Phi) is 4.52. The number of aromatic nitrogens is 2. The molecule has 2 rings (SSSR count). The number of nitrogens with one attached hydrogen (secondary N) is 2. The Morgan fingerprint density at radius 1 is 1.19 bits per heavy atom. The standard InChI is InChI=1S/C16H20N4O/c1-10(2)15-18-9-13(17-4)14(20-15)16(21)19-12-8-6-5-7-11(12)3/h5-10,17H,1-4H3,(H,19,21). The lowest BCUT2D eigenvalue weighted by Crippen LogP contribution is -2.18. The van der Waals surface area contributed by atoms with Crippen molar-refractivity contribution in [3.8, 4) is 0 Å². The average Bonchev–Trinajstić information content (AvgIpc) is 2.48. The van der Waals surface area contributed by atoms with E-state index >= 15 is 0 Å². The van der Waals surface area contributed by atoms with E-state index in [0.717, 1.165) is 11.3 Å². The van der Waals surface area contributed by atoms with E-state index in [4.69, 9.17) is 0 Å². The largest absolute Gasteiger partial charge is 0.385 e. The van der Waals surface area contributed by atoms with E-state index in [1.54, 1.807) is 13.2 Å². The van der Waals surface area contributed by atoms with Crippen LogP contribution in [0.3, 0.4) is 0 Å². The highest BCUT2D eigenvalue weighted by Crippen LogP contribution is 2.19. The fourth-order valence-corrected chi connectivity index (χ4v) is 1.92. The monoisotopic (exact) mass is 284 g/mol. The van der Waals surface area contributed by atoms with Gasteiger partial charge in [0.25, 0.3) is 5.91 Å². The molecular formula is C16H20N4O. The van der Waals surface area contributed by atoms with Gasteiger partial charge in [0.1, 0.15) is 5.82 Å². The number of carbonyl (C=O) groups excluding carboxylic acids is 1. The van der Waals surface area contributed by atoms with E-state index in [9.17, 15) is 4.79 Å². The highest BCUT2D eigenvalue weighted by Gasteiger charge is 2.16. The molecule has 0 fully saturated rings. The maximum atomic E-state index is 12.5. The minimum atomic E-state index is -0.238. The average molecular weight is 284 g/mol. The van der Waals surface area contributed by atoms with E-state index in [-0.39, 0.29) is 11.8 Å². The number of carbonyl (C=O) groups is 1. The van der Waals surface area contributed by atoms with Gasteiger partial charge >= 0.3 is 0 Å². The van der Waals surface area contributed by atoms with Gasteiger partial charge in [0.05, 0.1) is 11.9 Å². The van der Waals surface area contributed by atoms with Crippen LogP contribution in [-0.4, -0.2) is 22.9 Å². The molecule has 0 aliphatic rings. The Labute approximate surface area is 124 Å². The van der Waals surface area contributed by atoms with E-state index in [1.807, 2.05) is 45.0 Å². The van der Waals surface area contributed by atoms with E-state index < -0.39 is 0 Å². The summed E-state index contributed by atoms with van der Waals surface area (Å²) in [4.78, 5) is 21.1. The van der Waals surface area contributed by atoms with E-state index in [1.165, 1.54) is 0 Å². The number of hydrogen-bond acceptors (Lipinski definition) is 4. The van der Waals surface area contributed by atoms with Crippen LogP contribution < -0.4 is 10.6 Å². The number of nitrogens with zero attached hydrogens (tertiary/aromatic N) is 2. The van der Waals surface area contributed by atoms with Crippen molar-refractivity contribution in [3.63, 3.8) is 0 Å². The van der Waals surface area contributed by atoms with Crippen molar-refractivity contribution in [3.05, 3.63) is 47.5 Å². The summed E-state index contributed by atoms with van der Waals surface area (Å²) < 4.78 is 0. The number of aryl methyl sites for hydroxylation is 1. The minimum Gasteiger partial charge on any atom is -0.385 e. The fourth-order valence-electron chi connectivity index (χ4n) is 1.92. The summed E-state index contributed by atoms with van der Waals surface area (Å²) >= 11 is 0. The predicted octanol–water partition coefficient (Wildman–Crippen LogP) is 3.20. The molecule has 2 N–H and O–H groups in total. The zero-order chi connectivity index (χ0) is 15.4. The third-order valence-corrected chi connectivity index (χ3v) is 3.20. The molecule has 1 aromatic heterocycles. The Morgan fingerprint density at radius 3 is 2.52 bits per heavy atom. The van der Waals surface area contributed by atoms with Crippen LogP contribution in [-0.2, 0) is 0 Å². The van der Waals surface area contributed by atoms with Crippen molar-refractivity contribution >= 4 is 17.3 Å². The summed E-state index contributed by atoms with van der Waals surface area (Å²) in [5.41, 5.74) is 2.77. The highest BCUT2D eigenvalue weighted by molar-refractivity contribution is 6.06. The zero-order valence-corrected chi connectivity index (χ0v) is 12.8. The number of hydrogen-bond donors (Lipinski definition) is 2. The lowest BCUT2D eigenvalue weighted by Gasteiger charge is -2.12. The van der Waals surface area contributed by atoms with Gasteiger partial charge in [-0.05, 0) is 18.6 Å². The molecule has 21 heavy (non-hydrogen) atoms. The van der Waals surface area contributed by atoms with Gasteiger partial charge in [0, 0.05) is 18.7 Å². The Hall–Kier alpha value is -2.43. The summed E-state index contributed by atoms with van der Waals surface area (Å²) in [6.07, 6.45) is 1.65. The van der Waals surface area contributed by atoms with Crippen LogP contribution in [0, 0.1) is 6.92 Å². The number of anilines is 2. The van der Waals surface area contributed by atoms with Gasteiger partial charge in [-0.25, -0.2) is 9.97 Å². The smallest absolute Gasteiger partial charge is 0.276 e. The molecule has 0 bridgehead atoms. The molecular weight excluding hydrogens is 264 g/mol. The number of para-hydroxylation sites is 1. The third-order valence-electron chi connectivity index (χ3n) is 3.20. The molecule has 0 aliphatic heterocycles. The van der Waals surface area contributed by atoms with Gasteiger partial charge in [-0.15, -0.1) is 0 Å². The first kappa shape index (κ1) is 15.0. The fraction of sp³-hybridized carbons (Fsp3) is 0.312. The predicted molar refractivity (Wildman–Crippen MR) is 84.8 cm³/mol. The topological polar surface area (TPSA) is 66.9 Å². The van der Waals surface area contributed by atoms with Crippen LogP contribution in [0.25, 0.3) is 0 Å². The number of benzene rings is 1. The van der Waals surface area contributed by atoms with Crippen molar-refractivity contribution in [2.75, 3.05) is 17.7 Å². The van der Waals surface area contributed by atoms with Crippen LogP contribution in [0.5, 0.6) is 0 Å². The quantitative estimate of drug-likeness (QED) is 0.904. The first-order chi connectivity index (χ1) is 10.0. The van der Waals surface area contributed by atoms with E-state index in [0.29, 0.717) is 17.2 Å². The first-order valence-electron chi connectivity index (χ1n) is 6.94. The maximum Gasteiger partial charge on any atom is 0.276 e. The van der Waals surface area contributed by atoms with Crippen molar-refractivity contribution < 1.29 is 4.79 Å². The molecule has 0 spiro atoms. The first-order valence-corrected chi connectivity index (χ1v) is 6.94. The van der Waals surface area contributed by atoms with E-state index in [2.05, 4.69) is 20.6 Å². The van der Waals surface area contributed by atoms with Crippen LogP contribution in [0.1, 0.15) is 41.6 Å². The van der Waals surface area contributed by atoms with Crippen LogP contribution in [0.4, 0.5) is 11.4 Å². The van der Waals surface area contributed by atoms with Gasteiger partial charge < -0.3 is 10.6 Å². The summed E-state index contributed by atoms with van der Waals surface area (Å²) in [5.74, 6) is 0.586. The molecule has 0 aliphatic carbocycles. The molecule has 2 aromatic rings. The Bertz CT molecular complexity index is 652. The highest BCUT2D eigenvalue weighted by atomic mass is 16.1. The van der Waals surface area contributed by atoms with Gasteiger partial charge in [-0.3, -0.25) is 4.79 Å². The van der Waals surface area contributed by atoms with Crippen LogP contribution in [0.2, 0.25) is 0 Å². The molecule has 1 amide bonds. The number of amides is 1. The molecule has 0 atom stereocenters. The summed E-state index contributed by atoms with van der Waals surface area (Å²) in [6.45, 7) is 5.95. The molecule has 5 nitrogen and oxygen atoms in total. The molecule has 1 heterocycles. The minimum absolute atomic E-state index is 0.168. The molecule has 1 aromatic carbocycles. The molecule has 0 radical (unpaired) electrons. The summed E-state index contributed by atoms with van der Waals surface area (Å²) in [5, 5.41) is 5.86. The summed E-state index contributed by atoms with van der Waals surface area (Å²) in [7, 11) is 1.75. The Morgan fingerprint density at radius 2 is 1.90 bits per heavy atom.